The summed E-state index contributed by atoms with van der Waals surface area (Å²) < 4.78 is 9.28. The van der Waals surface area contributed by atoms with E-state index in [4.69, 9.17) is 0 Å². The van der Waals surface area contributed by atoms with Crippen LogP contribution in [0.2, 0.25) is 0 Å². The Morgan fingerprint density at radius 3 is 0.511 bits per heavy atom. The number of hydrogen-bond donors (Lipinski definition) is 0. The van der Waals surface area contributed by atoms with E-state index in [-0.39, 0.29) is 0 Å². The molecule has 2 radical (unpaired) electrons. The van der Waals surface area contributed by atoms with Gasteiger partial charge in [0.25, 0.3) is 0 Å². The first-order valence-corrected chi connectivity index (χ1v) is 27.4. The summed E-state index contributed by atoms with van der Waals surface area (Å²) in [5.74, 6) is 0. The third kappa shape index (κ3) is 10.4. The molecule has 45 heavy (non-hydrogen) atoms. The van der Waals surface area contributed by atoms with Crippen LogP contribution in [0.4, 0.5) is 0 Å². The van der Waals surface area contributed by atoms with Crippen molar-refractivity contribution in [2.24, 2.45) is 0 Å². The standard InChI is InChI=1S/C6H7P.6C6H5.2Pb/c7-6-4-2-1-3-5-6;6*1-2-4-6-5-3-1;;/h1-5H,7H2;6*1-5H;;. The molecular formula is C42H37PPb2. The number of hydrogen-bond acceptors (Lipinski definition) is 0. The summed E-state index contributed by atoms with van der Waals surface area (Å²) in [5.41, 5.74) is 0. The molecule has 0 N–H and O–H groups in total. The zero-order valence-corrected chi connectivity index (χ0v) is 34.2. The average Bonchev–Trinajstić information content (AvgIpc) is 3.12. The number of rotatable bonds is 6. The van der Waals surface area contributed by atoms with Gasteiger partial charge >= 0.3 is 246 Å². The zero-order chi connectivity index (χ0) is 30.9. The van der Waals surface area contributed by atoms with Crippen molar-refractivity contribution in [3.63, 3.8) is 0 Å². The topological polar surface area (TPSA) is 0 Å². The number of benzene rings is 7. The quantitative estimate of drug-likeness (QED) is 0.151. The van der Waals surface area contributed by atoms with Gasteiger partial charge in [-0.15, -0.1) is 9.24 Å². The van der Waals surface area contributed by atoms with Gasteiger partial charge in [-0.2, -0.15) is 0 Å². The Morgan fingerprint density at radius 2 is 0.378 bits per heavy atom. The van der Waals surface area contributed by atoms with E-state index in [1.165, 1.54) is 5.30 Å². The summed E-state index contributed by atoms with van der Waals surface area (Å²) in [6.07, 6.45) is 0. The first kappa shape index (κ1) is 33.2. The summed E-state index contributed by atoms with van der Waals surface area (Å²) in [6.45, 7) is 0. The SMILES string of the molecule is Pc1ccccc1.c1cc[c]([Pb]([c]2ccccc2)[c]2ccccc2)cc1.c1cc[c]([Pb]([c]2ccccc2)[c]2ccccc2)cc1. The second-order valence-corrected chi connectivity index (χ2v) is 30.3. The molecule has 218 valence electrons. The third-order valence-corrected chi connectivity index (χ3v) is 28.8. The molecule has 3 heteroatoms. The molecule has 0 spiro atoms. The fourth-order valence-corrected chi connectivity index (χ4v) is 25.3. The van der Waals surface area contributed by atoms with Gasteiger partial charge in [-0.1, -0.05) is 30.3 Å². The molecule has 7 rings (SSSR count). The van der Waals surface area contributed by atoms with Crippen LogP contribution in [0.3, 0.4) is 0 Å². The van der Waals surface area contributed by atoms with Gasteiger partial charge in [0, 0.05) is 0 Å². The monoisotopic (exact) mass is 988 g/mol. The van der Waals surface area contributed by atoms with E-state index < -0.39 is 45.4 Å². The van der Waals surface area contributed by atoms with E-state index in [9.17, 15) is 0 Å². The Balaban J connectivity index is 0.000000147. The molecule has 1 atom stereocenters. The Bertz CT molecular complexity index is 1460. The van der Waals surface area contributed by atoms with Gasteiger partial charge in [-0.05, 0) is 5.30 Å². The van der Waals surface area contributed by atoms with Crippen LogP contribution >= 0.6 is 9.24 Å². The first-order chi connectivity index (χ1) is 22.3. The van der Waals surface area contributed by atoms with E-state index in [0.29, 0.717) is 0 Å². The Morgan fingerprint density at radius 1 is 0.222 bits per heavy atom. The molecule has 1 unspecified atom stereocenters. The Kier molecular flexibility index (Phi) is 13.8. The van der Waals surface area contributed by atoms with Crippen molar-refractivity contribution in [1.29, 1.82) is 0 Å². The molecule has 0 aliphatic heterocycles. The van der Waals surface area contributed by atoms with Gasteiger partial charge in [-0.25, -0.2) is 0 Å². The summed E-state index contributed by atoms with van der Waals surface area (Å²) in [5, 5.41) is 1.24. The molecule has 7 aromatic rings. The van der Waals surface area contributed by atoms with Crippen molar-refractivity contribution in [1.82, 2.24) is 0 Å². The van der Waals surface area contributed by atoms with Gasteiger partial charge in [0.1, 0.15) is 0 Å². The van der Waals surface area contributed by atoms with Crippen molar-refractivity contribution in [2.75, 3.05) is 0 Å². The van der Waals surface area contributed by atoms with Crippen LogP contribution in [-0.4, -0.2) is 45.4 Å². The van der Waals surface area contributed by atoms with E-state index >= 15 is 0 Å². The fourth-order valence-electron chi connectivity index (χ4n) is 5.08. The second-order valence-electron chi connectivity index (χ2n) is 10.4. The average molecular weight is 987 g/mol. The van der Waals surface area contributed by atoms with Crippen molar-refractivity contribution >= 4 is 78.7 Å². The molecule has 7 aromatic carbocycles. The Labute approximate surface area is 288 Å². The van der Waals surface area contributed by atoms with Gasteiger partial charge in [0.2, 0.25) is 0 Å². The molecular weight excluding hydrogens is 950 g/mol. The van der Waals surface area contributed by atoms with E-state index in [0.717, 1.165) is 0 Å². The van der Waals surface area contributed by atoms with Crippen LogP contribution in [0.1, 0.15) is 0 Å². The zero-order valence-electron chi connectivity index (χ0n) is 25.3. The Hall–Kier alpha value is -3.19. The van der Waals surface area contributed by atoms with Crippen LogP contribution in [-0.2, 0) is 0 Å². The molecule has 0 aliphatic rings. The van der Waals surface area contributed by atoms with Crippen molar-refractivity contribution in [3.8, 4) is 0 Å². The van der Waals surface area contributed by atoms with Crippen molar-refractivity contribution < 1.29 is 0 Å². The molecule has 0 aromatic heterocycles. The predicted molar refractivity (Wildman–Crippen MR) is 204 cm³/mol. The third-order valence-electron chi connectivity index (χ3n) is 7.17. The molecule has 0 saturated heterocycles. The van der Waals surface area contributed by atoms with Crippen LogP contribution < -0.4 is 24.0 Å². The fraction of sp³-hybridized carbons (Fsp3) is 0. The maximum atomic E-state index is 2.63. The molecule has 0 bridgehead atoms. The molecule has 0 aliphatic carbocycles. The summed E-state index contributed by atoms with van der Waals surface area (Å²) in [4.78, 5) is 0. The molecule has 0 amide bonds. The summed E-state index contributed by atoms with van der Waals surface area (Å²) in [6, 6.07) is 76.2. The van der Waals surface area contributed by atoms with Gasteiger partial charge < -0.3 is 0 Å². The van der Waals surface area contributed by atoms with Crippen LogP contribution in [0.15, 0.2) is 212 Å². The minimum atomic E-state index is -2.17. The van der Waals surface area contributed by atoms with E-state index in [1.807, 2.05) is 30.3 Å². The maximum absolute atomic E-state index is 2.63. The van der Waals surface area contributed by atoms with Gasteiger partial charge in [-0.3, -0.25) is 0 Å². The van der Waals surface area contributed by atoms with Crippen LogP contribution in [0, 0.1) is 0 Å². The van der Waals surface area contributed by atoms with E-state index in [2.05, 4.69) is 191 Å². The van der Waals surface area contributed by atoms with Crippen molar-refractivity contribution in [2.45, 2.75) is 0 Å². The minimum absolute atomic E-state index is 1.24. The van der Waals surface area contributed by atoms with Gasteiger partial charge in [0.15, 0.2) is 0 Å². The van der Waals surface area contributed by atoms with Gasteiger partial charge in [0.05, 0.1) is 0 Å². The normalized spacial score (nSPS) is 10.3. The first-order valence-electron chi connectivity index (χ1n) is 15.2. The molecule has 0 saturated carbocycles. The summed E-state index contributed by atoms with van der Waals surface area (Å²) >= 11 is -4.34. The van der Waals surface area contributed by atoms with Crippen LogP contribution in [0.5, 0.6) is 0 Å². The summed E-state index contributed by atoms with van der Waals surface area (Å²) in [7, 11) is 2.63. The molecule has 0 heterocycles. The van der Waals surface area contributed by atoms with Crippen molar-refractivity contribution in [3.05, 3.63) is 212 Å². The second kappa shape index (κ2) is 18.7. The van der Waals surface area contributed by atoms with E-state index in [1.54, 1.807) is 18.7 Å². The molecule has 0 nitrogen and oxygen atoms in total. The predicted octanol–water partition coefficient (Wildman–Crippen LogP) is 5.59. The van der Waals surface area contributed by atoms with Crippen LogP contribution in [0.25, 0.3) is 0 Å². The molecule has 0 fully saturated rings.